The Morgan fingerprint density at radius 3 is 1.95 bits per heavy atom. The first kappa shape index (κ1) is 26.9. The fraction of sp³-hybridized carbons (Fsp3) is 0.0303. The molecule has 0 bridgehead atoms. The van der Waals surface area contributed by atoms with Gasteiger partial charge in [-0.15, -0.1) is 0 Å². The Kier molecular flexibility index (Phi) is 7.21. The highest BCUT2D eigenvalue weighted by Crippen LogP contribution is 2.40. The summed E-state index contributed by atoms with van der Waals surface area (Å²) in [5, 5.41) is 25.9. The zero-order chi connectivity index (χ0) is 29.2. The Balaban J connectivity index is 1.37. The lowest BCUT2D eigenvalue weighted by atomic mass is 9.84. The second-order valence-corrected chi connectivity index (χ2v) is 10.5. The predicted molar refractivity (Wildman–Crippen MR) is 165 cm³/mol. The molecule has 0 fully saturated rings. The van der Waals surface area contributed by atoms with Crippen LogP contribution >= 0.6 is 23.2 Å². The Hall–Kier alpha value is -5.34. The van der Waals surface area contributed by atoms with Gasteiger partial charge >= 0.3 is 0 Å². The smallest absolute Gasteiger partial charge is 0.271 e. The number of rotatable bonds is 6. The van der Waals surface area contributed by atoms with Crippen LogP contribution in [0.4, 0.5) is 0 Å². The molecule has 1 amide bonds. The van der Waals surface area contributed by atoms with Gasteiger partial charge in [-0.3, -0.25) is 4.79 Å². The van der Waals surface area contributed by atoms with Crippen molar-refractivity contribution < 1.29 is 4.79 Å². The number of aromatic amines is 2. The number of fused-ring (bicyclic) bond motifs is 2. The quantitative estimate of drug-likeness (QED) is 0.137. The standard InChI is InChI=1S/C33H20Cl2N6O/c34-24-8-7-23(29(35)13-24)16-40-41-33(42)22-5-3-21(4-6-22)32(27-17-38-30-9-1-19(14-36)11-25(27)30)28-18-39-31-10-2-20(15-37)12-26(28)31/h1-13,16-18,32,38-39H,(H,41,42)/b40-16+. The molecule has 0 spiro atoms. The van der Waals surface area contributed by atoms with Crippen molar-refractivity contribution in [2.45, 2.75) is 5.92 Å². The van der Waals surface area contributed by atoms with Crippen molar-refractivity contribution in [3.63, 3.8) is 0 Å². The van der Waals surface area contributed by atoms with Crippen LogP contribution in [0, 0.1) is 22.7 Å². The van der Waals surface area contributed by atoms with Gasteiger partial charge in [0.25, 0.3) is 5.91 Å². The second-order valence-electron chi connectivity index (χ2n) is 9.65. The molecule has 7 nitrogen and oxygen atoms in total. The zero-order valence-electron chi connectivity index (χ0n) is 21.8. The van der Waals surface area contributed by atoms with E-state index in [-0.39, 0.29) is 11.8 Å². The van der Waals surface area contributed by atoms with Gasteiger partial charge < -0.3 is 9.97 Å². The van der Waals surface area contributed by atoms with Crippen LogP contribution in [0.3, 0.4) is 0 Å². The molecule has 9 heteroatoms. The molecule has 6 aromatic rings. The number of hydrazone groups is 1. The molecule has 0 saturated carbocycles. The number of nitrogens with one attached hydrogen (secondary N) is 3. The number of nitrogens with zero attached hydrogens (tertiary/aromatic N) is 3. The highest BCUT2D eigenvalue weighted by Gasteiger charge is 2.24. The minimum atomic E-state index is -0.379. The minimum Gasteiger partial charge on any atom is -0.361 e. The zero-order valence-corrected chi connectivity index (χ0v) is 23.3. The normalized spacial score (nSPS) is 11.3. The van der Waals surface area contributed by atoms with Crippen molar-refractivity contribution in [3.05, 3.63) is 140 Å². The SMILES string of the molecule is N#Cc1ccc2[nH]cc(C(c3ccc(C(=O)N/N=C/c4ccc(Cl)cc4Cl)cc3)c3c[nH]c4ccc(C#N)cc34)c2c1. The highest BCUT2D eigenvalue weighted by molar-refractivity contribution is 6.36. The predicted octanol–water partition coefficient (Wildman–Crippen LogP) is 7.64. The van der Waals surface area contributed by atoms with E-state index >= 15 is 0 Å². The largest absolute Gasteiger partial charge is 0.361 e. The molecule has 0 saturated heterocycles. The van der Waals surface area contributed by atoms with Crippen molar-refractivity contribution in [1.29, 1.82) is 10.5 Å². The van der Waals surface area contributed by atoms with E-state index < -0.39 is 0 Å². The summed E-state index contributed by atoms with van der Waals surface area (Å²) in [5.74, 6) is -0.645. The van der Waals surface area contributed by atoms with E-state index in [9.17, 15) is 15.3 Å². The summed E-state index contributed by atoms with van der Waals surface area (Å²) in [6, 6.07) is 27.8. The van der Waals surface area contributed by atoms with Gasteiger partial charge in [0, 0.05) is 56.3 Å². The average Bonchev–Trinajstić information content (AvgIpc) is 3.62. The van der Waals surface area contributed by atoms with Crippen LogP contribution in [-0.4, -0.2) is 22.1 Å². The number of amides is 1. The van der Waals surface area contributed by atoms with Crippen LogP contribution in [0.1, 0.15) is 49.7 Å². The van der Waals surface area contributed by atoms with E-state index in [1.165, 1.54) is 6.21 Å². The number of halogens is 2. The molecule has 2 aromatic heterocycles. The third-order valence-corrected chi connectivity index (χ3v) is 7.71. The summed E-state index contributed by atoms with van der Waals surface area (Å²) in [6.07, 6.45) is 5.35. The summed E-state index contributed by atoms with van der Waals surface area (Å²) < 4.78 is 0. The highest BCUT2D eigenvalue weighted by atomic mass is 35.5. The first-order valence-electron chi connectivity index (χ1n) is 12.9. The molecule has 202 valence electrons. The molecule has 0 unspecified atom stereocenters. The molecular formula is C33H20Cl2N6O. The van der Waals surface area contributed by atoms with Gasteiger partial charge in [0.2, 0.25) is 0 Å². The van der Waals surface area contributed by atoms with Crippen molar-refractivity contribution in [2.75, 3.05) is 0 Å². The number of hydrogen-bond donors (Lipinski definition) is 3. The summed E-state index contributed by atoms with van der Waals surface area (Å²) >= 11 is 12.1. The molecule has 0 atom stereocenters. The lowest BCUT2D eigenvalue weighted by molar-refractivity contribution is 0.0955. The van der Waals surface area contributed by atoms with Gasteiger partial charge in [-0.25, -0.2) is 5.43 Å². The summed E-state index contributed by atoms with van der Waals surface area (Å²) in [5.41, 5.74) is 9.35. The maximum absolute atomic E-state index is 12.9. The van der Waals surface area contributed by atoms with Gasteiger partial charge in [-0.05, 0) is 77.4 Å². The Morgan fingerprint density at radius 2 is 1.40 bits per heavy atom. The molecule has 6 rings (SSSR count). The number of carbonyl (C=O) groups is 1. The molecule has 0 aliphatic rings. The van der Waals surface area contributed by atoms with Gasteiger partial charge in [-0.2, -0.15) is 15.6 Å². The van der Waals surface area contributed by atoms with Gasteiger partial charge in [-0.1, -0.05) is 41.4 Å². The number of H-pyrrole nitrogens is 2. The van der Waals surface area contributed by atoms with E-state index in [0.29, 0.717) is 32.3 Å². The van der Waals surface area contributed by atoms with Crippen molar-refractivity contribution in [2.24, 2.45) is 5.10 Å². The van der Waals surface area contributed by atoms with Crippen LogP contribution in [0.5, 0.6) is 0 Å². The molecule has 3 N–H and O–H groups in total. The molecular weight excluding hydrogens is 567 g/mol. The van der Waals surface area contributed by atoms with Crippen molar-refractivity contribution >= 4 is 57.1 Å². The first-order valence-corrected chi connectivity index (χ1v) is 13.6. The number of nitriles is 2. The van der Waals surface area contributed by atoms with Crippen LogP contribution in [-0.2, 0) is 0 Å². The molecule has 2 heterocycles. The Labute approximate surface area is 250 Å². The lowest BCUT2D eigenvalue weighted by Crippen LogP contribution is -2.17. The maximum atomic E-state index is 12.9. The second kappa shape index (κ2) is 11.3. The fourth-order valence-corrected chi connectivity index (χ4v) is 5.54. The lowest BCUT2D eigenvalue weighted by Gasteiger charge is -2.18. The van der Waals surface area contributed by atoms with E-state index in [1.807, 2.05) is 48.8 Å². The van der Waals surface area contributed by atoms with Crippen molar-refractivity contribution in [3.8, 4) is 12.1 Å². The molecule has 0 aliphatic carbocycles. The van der Waals surface area contributed by atoms with Crippen LogP contribution in [0.15, 0.2) is 96.4 Å². The summed E-state index contributed by atoms with van der Waals surface area (Å²) in [7, 11) is 0. The number of aromatic nitrogens is 2. The average molecular weight is 587 g/mol. The first-order chi connectivity index (χ1) is 20.4. The topological polar surface area (TPSA) is 121 Å². The van der Waals surface area contributed by atoms with Crippen LogP contribution in [0.25, 0.3) is 21.8 Å². The molecule has 4 aromatic carbocycles. The minimum absolute atomic E-state index is 0.266. The Morgan fingerprint density at radius 1 is 0.810 bits per heavy atom. The van der Waals surface area contributed by atoms with Gasteiger partial charge in [0.15, 0.2) is 0 Å². The van der Waals surface area contributed by atoms with Gasteiger partial charge in [0.1, 0.15) is 0 Å². The number of carbonyl (C=O) groups excluding carboxylic acids is 1. The molecule has 0 aliphatic heterocycles. The molecule has 42 heavy (non-hydrogen) atoms. The monoisotopic (exact) mass is 586 g/mol. The van der Waals surface area contributed by atoms with Crippen LogP contribution < -0.4 is 5.43 Å². The van der Waals surface area contributed by atoms with E-state index in [1.54, 1.807) is 42.5 Å². The fourth-order valence-electron chi connectivity index (χ4n) is 5.09. The van der Waals surface area contributed by atoms with E-state index in [4.69, 9.17) is 23.2 Å². The van der Waals surface area contributed by atoms with E-state index in [2.05, 4.69) is 32.6 Å². The van der Waals surface area contributed by atoms with Crippen LogP contribution in [0.2, 0.25) is 10.0 Å². The summed E-state index contributed by atoms with van der Waals surface area (Å²) in [6.45, 7) is 0. The van der Waals surface area contributed by atoms with Crippen molar-refractivity contribution in [1.82, 2.24) is 15.4 Å². The third-order valence-electron chi connectivity index (χ3n) is 7.15. The molecule has 0 radical (unpaired) electrons. The van der Waals surface area contributed by atoms with Gasteiger partial charge in [0.05, 0.1) is 34.5 Å². The third kappa shape index (κ3) is 5.11. The number of benzene rings is 4. The number of hydrogen-bond acceptors (Lipinski definition) is 4. The van der Waals surface area contributed by atoms with E-state index in [0.717, 1.165) is 38.5 Å². The Bertz CT molecular complexity index is 2000. The maximum Gasteiger partial charge on any atom is 0.271 e. The summed E-state index contributed by atoms with van der Waals surface area (Å²) in [4.78, 5) is 19.5.